The molecule has 0 saturated heterocycles. The fourth-order valence-corrected chi connectivity index (χ4v) is 3.36. The monoisotopic (exact) mass is 414 g/mol. The highest BCUT2D eigenvalue weighted by molar-refractivity contribution is 6.30. The van der Waals surface area contributed by atoms with Crippen molar-refractivity contribution in [1.29, 1.82) is 0 Å². The minimum absolute atomic E-state index is 0.301. The van der Waals surface area contributed by atoms with Crippen LogP contribution in [-0.2, 0) is 20.7 Å². The molecule has 2 atom stereocenters. The van der Waals surface area contributed by atoms with Crippen LogP contribution in [0.25, 0.3) is 10.9 Å². The van der Waals surface area contributed by atoms with E-state index >= 15 is 0 Å². The maximum absolute atomic E-state index is 12.7. The van der Waals surface area contributed by atoms with E-state index in [1.165, 1.54) is 7.11 Å². The van der Waals surface area contributed by atoms with Gasteiger partial charge in [-0.3, -0.25) is 4.79 Å². The van der Waals surface area contributed by atoms with Crippen LogP contribution in [-0.4, -0.2) is 36.1 Å². The minimum Gasteiger partial charge on any atom is -0.481 e. The number of carbonyl (C=O) groups is 2. The summed E-state index contributed by atoms with van der Waals surface area (Å²) >= 11 is 5.96. The number of aryl methyl sites for hydroxylation is 1. The molecule has 0 bridgehead atoms. The molecule has 152 valence electrons. The number of carbonyl (C=O) groups excluding carboxylic acids is 2. The predicted molar refractivity (Wildman–Crippen MR) is 112 cm³/mol. The average molecular weight is 415 g/mol. The number of hydrogen-bond donors (Lipinski definition) is 2. The molecule has 6 nitrogen and oxygen atoms in total. The molecule has 3 rings (SSSR count). The summed E-state index contributed by atoms with van der Waals surface area (Å²) in [6, 6.07) is 12.1. The molecule has 0 fully saturated rings. The second kappa shape index (κ2) is 9.01. The van der Waals surface area contributed by atoms with E-state index in [1.807, 2.05) is 37.4 Å². The third-order valence-corrected chi connectivity index (χ3v) is 4.95. The number of fused-ring (bicyclic) bond motifs is 1. The van der Waals surface area contributed by atoms with E-state index in [4.69, 9.17) is 21.1 Å². The molecule has 1 amide bonds. The van der Waals surface area contributed by atoms with E-state index < -0.39 is 24.0 Å². The zero-order chi connectivity index (χ0) is 21.0. The first-order valence-corrected chi connectivity index (χ1v) is 9.63. The second-order valence-electron chi connectivity index (χ2n) is 6.82. The Balaban J connectivity index is 1.72. The first-order valence-electron chi connectivity index (χ1n) is 9.25. The van der Waals surface area contributed by atoms with Crippen molar-refractivity contribution in [3.8, 4) is 5.75 Å². The van der Waals surface area contributed by atoms with E-state index in [0.29, 0.717) is 17.2 Å². The number of aromatic amines is 1. The van der Waals surface area contributed by atoms with E-state index in [2.05, 4.69) is 10.3 Å². The molecule has 0 radical (unpaired) electrons. The number of amides is 1. The molecule has 3 aromatic rings. The van der Waals surface area contributed by atoms with Crippen LogP contribution in [0.1, 0.15) is 18.1 Å². The fraction of sp³-hybridized carbons (Fsp3) is 0.273. The lowest BCUT2D eigenvalue weighted by molar-refractivity contribution is -0.145. The number of H-pyrrole nitrogens is 1. The lowest BCUT2D eigenvalue weighted by atomic mass is 10.0. The molecule has 2 aromatic carbocycles. The highest BCUT2D eigenvalue weighted by Gasteiger charge is 2.26. The third-order valence-electron chi connectivity index (χ3n) is 4.71. The summed E-state index contributed by atoms with van der Waals surface area (Å²) in [7, 11) is 1.30. The van der Waals surface area contributed by atoms with E-state index in [0.717, 1.165) is 22.0 Å². The van der Waals surface area contributed by atoms with Gasteiger partial charge in [-0.05, 0) is 49.2 Å². The summed E-state index contributed by atoms with van der Waals surface area (Å²) in [5.41, 5.74) is 2.70. The molecule has 1 aromatic heterocycles. The molecule has 7 heteroatoms. The van der Waals surface area contributed by atoms with Gasteiger partial charge in [-0.25, -0.2) is 4.79 Å². The molecule has 0 aliphatic rings. The standard InChI is InChI=1S/C22H23ClN2O4/c1-13-10-16(23)8-9-20(13)29-14(2)21(26)25-19(22(27)28-3)11-15-12-24-18-7-5-4-6-17(15)18/h4-10,12,14,19,24H,11H2,1-3H3,(H,25,26). The number of nitrogens with one attached hydrogen (secondary N) is 2. The van der Waals surface area contributed by atoms with Gasteiger partial charge < -0.3 is 19.8 Å². The van der Waals surface area contributed by atoms with Crippen molar-refractivity contribution in [1.82, 2.24) is 10.3 Å². The molecule has 29 heavy (non-hydrogen) atoms. The highest BCUT2D eigenvalue weighted by atomic mass is 35.5. The van der Waals surface area contributed by atoms with Crippen molar-refractivity contribution >= 4 is 34.4 Å². The molecule has 2 N–H and O–H groups in total. The Hall–Kier alpha value is -2.99. The number of hydrogen-bond acceptors (Lipinski definition) is 4. The van der Waals surface area contributed by atoms with Crippen molar-refractivity contribution in [2.75, 3.05) is 7.11 Å². The largest absolute Gasteiger partial charge is 0.481 e. The normalized spacial score (nSPS) is 13.0. The number of ether oxygens (including phenoxy) is 2. The fourth-order valence-electron chi connectivity index (χ4n) is 3.13. The molecule has 0 aliphatic heterocycles. The number of halogens is 1. The van der Waals surface area contributed by atoms with Crippen LogP contribution >= 0.6 is 11.6 Å². The molecule has 0 aliphatic carbocycles. The van der Waals surface area contributed by atoms with Crippen molar-refractivity contribution in [2.24, 2.45) is 0 Å². The van der Waals surface area contributed by atoms with Crippen LogP contribution in [0.2, 0.25) is 5.02 Å². The Labute approximate surface area is 174 Å². The zero-order valence-electron chi connectivity index (χ0n) is 16.5. The summed E-state index contributed by atoms with van der Waals surface area (Å²) in [5, 5.41) is 4.33. The lowest BCUT2D eigenvalue weighted by Gasteiger charge is -2.20. The molecular weight excluding hydrogens is 392 g/mol. The summed E-state index contributed by atoms with van der Waals surface area (Å²) < 4.78 is 10.6. The lowest BCUT2D eigenvalue weighted by Crippen LogP contribution is -2.47. The SMILES string of the molecule is COC(=O)C(Cc1c[nH]c2ccccc12)NC(=O)C(C)Oc1ccc(Cl)cc1C. The van der Waals surface area contributed by atoms with Gasteiger partial charge in [0.2, 0.25) is 0 Å². The van der Waals surface area contributed by atoms with Gasteiger partial charge in [0.15, 0.2) is 6.10 Å². The number of methoxy groups -OCH3 is 1. The van der Waals surface area contributed by atoms with Gasteiger partial charge in [0.1, 0.15) is 11.8 Å². The number of esters is 1. The number of para-hydroxylation sites is 1. The van der Waals surface area contributed by atoms with Gasteiger partial charge in [-0.15, -0.1) is 0 Å². The van der Waals surface area contributed by atoms with Gasteiger partial charge in [0.25, 0.3) is 5.91 Å². The smallest absolute Gasteiger partial charge is 0.328 e. The summed E-state index contributed by atoms with van der Waals surface area (Å²) in [5.74, 6) is -0.364. The van der Waals surface area contributed by atoms with Crippen LogP contribution in [0.4, 0.5) is 0 Å². The molecule has 0 saturated carbocycles. The maximum atomic E-state index is 12.7. The van der Waals surface area contributed by atoms with Crippen molar-refractivity contribution in [2.45, 2.75) is 32.4 Å². The Morgan fingerprint density at radius 1 is 1.21 bits per heavy atom. The zero-order valence-corrected chi connectivity index (χ0v) is 17.2. The van der Waals surface area contributed by atoms with Crippen LogP contribution < -0.4 is 10.1 Å². The van der Waals surface area contributed by atoms with E-state index in [9.17, 15) is 9.59 Å². The minimum atomic E-state index is -0.830. The van der Waals surface area contributed by atoms with Crippen molar-refractivity contribution in [3.05, 3.63) is 64.8 Å². The van der Waals surface area contributed by atoms with Crippen LogP contribution in [0.5, 0.6) is 5.75 Å². The van der Waals surface area contributed by atoms with Crippen molar-refractivity contribution < 1.29 is 19.1 Å². The van der Waals surface area contributed by atoms with E-state index in [-0.39, 0.29) is 0 Å². The van der Waals surface area contributed by atoms with Crippen LogP contribution in [0.3, 0.4) is 0 Å². The van der Waals surface area contributed by atoms with E-state index in [1.54, 1.807) is 25.1 Å². The average Bonchev–Trinajstić information content (AvgIpc) is 3.11. The van der Waals surface area contributed by atoms with Crippen LogP contribution in [0.15, 0.2) is 48.7 Å². The first-order chi connectivity index (χ1) is 13.9. The van der Waals surface area contributed by atoms with Gasteiger partial charge in [0.05, 0.1) is 7.11 Å². The number of rotatable bonds is 7. The molecule has 2 unspecified atom stereocenters. The van der Waals surface area contributed by atoms with Gasteiger partial charge in [0, 0.05) is 28.5 Å². The van der Waals surface area contributed by atoms with Crippen LogP contribution in [0, 0.1) is 6.92 Å². The van der Waals surface area contributed by atoms with Gasteiger partial charge in [-0.2, -0.15) is 0 Å². The molecule has 1 heterocycles. The Kier molecular flexibility index (Phi) is 6.44. The quantitative estimate of drug-likeness (QED) is 0.576. The van der Waals surface area contributed by atoms with Gasteiger partial charge >= 0.3 is 5.97 Å². The first kappa shape index (κ1) is 20.7. The van der Waals surface area contributed by atoms with Crippen molar-refractivity contribution in [3.63, 3.8) is 0 Å². The summed E-state index contributed by atoms with van der Waals surface area (Å²) in [6.07, 6.45) is 1.34. The Morgan fingerprint density at radius 3 is 2.69 bits per heavy atom. The summed E-state index contributed by atoms with van der Waals surface area (Å²) in [4.78, 5) is 28.1. The predicted octanol–water partition coefficient (Wildman–Crippen LogP) is 3.80. The molecular formula is C22H23ClN2O4. The number of benzene rings is 2. The highest BCUT2D eigenvalue weighted by Crippen LogP contribution is 2.23. The summed E-state index contributed by atoms with van der Waals surface area (Å²) in [6.45, 7) is 3.48. The Bertz CT molecular complexity index is 1030. The topological polar surface area (TPSA) is 80.4 Å². The Morgan fingerprint density at radius 2 is 1.97 bits per heavy atom. The maximum Gasteiger partial charge on any atom is 0.328 e. The second-order valence-corrected chi connectivity index (χ2v) is 7.25. The third kappa shape index (κ3) is 4.90. The molecule has 0 spiro atoms. The van der Waals surface area contributed by atoms with Gasteiger partial charge in [-0.1, -0.05) is 29.8 Å². The number of aromatic nitrogens is 1.